The van der Waals surface area contributed by atoms with Gasteiger partial charge < -0.3 is 9.32 Å². The summed E-state index contributed by atoms with van der Waals surface area (Å²) >= 11 is 0. The first-order valence-corrected chi connectivity index (χ1v) is 9.03. The third-order valence-electron chi connectivity index (χ3n) is 4.94. The SMILES string of the molecule is O=C(c1cc(-c2ccccc2)nc2c1cnn2Cc1ccco1)N1CCC1. The second-order valence-electron chi connectivity index (χ2n) is 6.69. The molecule has 134 valence electrons. The maximum Gasteiger partial charge on any atom is 0.254 e. The van der Waals surface area contributed by atoms with Crippen molar-refractivity contribution in [1.82, 2.24) is 19.7 Å². The van der Waals surface area contributed by atoms with Gasteiger partial charge in [-0.25, -0.2) is 9.67 Å². The average molecular weight is 358 g/mol. The molecular weight excluding hydrogens is 340 g/mol. The monoisotopic (exact) mass is 358 g/mol. The van der Waals surface area contributed by atoms with Crippen LogP contribution in [0.15, 0.2) is 65.4 Å². The Morgan fingerprint density at radius 2 is 1.96 bits per heavy atom. The summed E-state index contributed by atoms with van der Waals surface area (Å²) in [4.78, 5) is 19.7. The molecule has 0 atom stereocenters. The van der Waals surface area contributed by atoms with E-state index < -0.39 is 0 Å². The molecule has 0 unspecified atom stereocenters. The summed E-state index contributed by atoms with van der Waals surface area (Å²) in [5, 5.41) is 5.25. The number of pyridine rings is 1. The lowest BCUT2D eigenvalue weighted by molar-refractivity contribution is 0.0654. The highest BCUT2D eigenvalue weighted by atomic mass is 16.3. The fourth-order valence-corrected chi connectivity index (χ4v) is 3.34. The number of fused-ring (bicyclic) bond motifs is 1. The molecule has 1 fully saturated rings. The number of amides is 1. The molecule has 1 aliphatic heterocycles. The van der Waals surface area contributed by atoms with E-state index in [2.05, 4.69) is 5.10 Å². The Labute approximate surface area is 156 Å². The number of hydrogen-bond acceptors (Lipinski definition) is 4. The maximum atomic E-state index is 13.0. The molecule has 0 bridgehead atoms. The van der Waals surface area contributed by atoms with Gasteiger partial charge in [0, 0.05) is 18.7 Å². The van der Waals surface area contributed by atoms with Crippen LogP contribution in [-0.2, 0) is 6.54 Å². The van der Waals surface area contributed by atoms with Gasteiger partial charge in [-0.15, -0.1) is 0 Å². The average Bonchev–Trinajstić information content (AvgIpc) is 3.31. The predicted octanol–water partition coefficient (Wildman–Crippen LogP) is 3.59. The van der Waals surface area contributed by atoms with Crippen molar-refractivity contribution in [3.8, 4) is 11.3 Å². The van der Waals surface area contributed by atoms with Crippen molar-refractivity contribution in [2.24, 2.45) is 0 Å². The van der Waals surface area contributed by atoms with Crippen LogP contribution in [0.3, 0.4) is 0 Å². The summed E-state index contributed by atoms with van der Waals surface area (Å²) < 4.78 is 7.23. The standard InChI is InChI=1S/C21H18N4O2/c26-21(24-9-5-10-24)17-12-19(15-6-2-1-3-7-15)23-20-18(17)13-22-25(20)14-16-8-4-11-27-16/h1-4,6-8,11-13H,5,9-10,14H2. The highest BCUT2D eigenvalue weighted by Gasteiger charge is 2.25. The summed E-state index contributed by atoms with van der Waals surface area (Å²) in [7, 11) is 0. The van der Waals surface area contributed by atoms with Crippen LogP contribution in [-0.4, -0.2) is 38.7 Å². The molecule has 6 heteroatoms. The first kappa shape index (κ1) is 15.8. The second-order valence-corrected chi connectivity index (χ2v) is 6.69. The molecule has 0 aliphatic carbocycles. The van der Waals surface area contributed by atoms with Gasteiger partial charge in [0.2, 0.25) is 0 Å². The Hall–Kier alpha value is -3.41. The third kappa shape index (κ3) is 2.79. The molecule has 0 N–H and O–H groups in total. The number of carbonyl (C=O) groups is 1. The highest BCUT2D eigenvalue weighted by molar-refractivity contribution is 6.06. The van der Waals surface area contributed by atoms with Crippen LogP contribution in [0.4, 0.5) is 0 Å². The van der Waals surface area contributed by atoms with Gasteiger partial charge in [-0.2, -0.15) is 5.10 Å². The fourth-order valence-electron chi connectivity index (χ4n) is 3.34. The summed E-state index contributed by atoms with van der Waals surface area (Å²) in [6.07, 6.45) is 4.43. The zero-order valence-corrected chi connectivity index (χ0v) is 14.7. The van der Waals surface area contributed by atoms with Crippen LogP contribution in [0.2, 0.25) is 0 Å². The Morgan fingerprint density at radius 1 is 1.11 bits per heavy atom. The molecule has 3 aromatic heterocycles. The van der Waals surface area contributed by atoms with Crippen LogP contribution >= 0.6 is 0 Å². The van der Waals surface area contributed by atoms with Gasteiger partial charge >= 0.3 is 0 Å². The second kappa shape index (κ2) is 6.39. The number of nitrogens with zero attached hydrogens (tertiary/aromatic N) is 4. The number of furan rings is 1. The van der Waals surface area contributed by atoms with Crippen molar-refractivity contribution in [1.29, 1.82) is 0 Å². The van der Waals surface area contributed by atoms with Gasteiger partial charge in [0.15, 0.2) is 5.65 Å². The molecule has 1 saturated heterocycles. The molecule has 4 heterocycles. The minimum atomic E-state index is 0.0448. The Balaban J connectivity index is 1.67. The Kier molecular flexibility index (Phi) is 3.74. The van der Waals surface area contributed by atoms with Crippen molar-refractivity contribution in [2.45, 2.75) is 13.0 Å². The van der Waals surface area contributed by atoms with Crippen molar-refractivity contribution >= 4 is 16.9 Å². The predicted molar refractivity (Wildman–Crippen MR) is 101 cm³/mol. The van der Waals surface area contributed by atoms with E-state index in [0.717, 1.165) is 41.9 Å². The van der Waals surface area contributed by atoms with E-state index in [1.807, 2.05) is 53.4 Å². The fraction of sp³-hybridized carbons (Fsp3) is 0.190. The number of hydrogen-bond donors (Lipinski definition) is 0. The van der Waals surface area contributed by atoms with Gasteiger partial charge in [-0.1, -0.05) is 30.3 Å². The van der Waals surface area contributed by atoms with Gasteiger partial charge in [0.05, 0.1) is 29.1 Å². The molecule has 1 aromatic carbocycles. The largest absolute Gasteiger partial charge is 0.467 e. The van der Waals surface area contributed by atoms with Crippen LogP contribution in [0.1, 0.15) is 22.5 Å². The molecule has 0 radical (unpaired) electrons. The highest BCUT2D eigenvalue weighted by Crippen LogP contribution is 2.27. The molecule has 1 amide bonds. The number of likely N-dealkylation sites (tertiary alicyclic amines) is 1. The van der Waals surface area contributed by atoms with E-state index in [1.54, 1.807) is 17.1 Å². The summed E-state index contributed by atoms with van der Waals surface area (Å²) in [5.41, 5.74) is 3.09. The van der Waals surface area contributed by atoms with Crippen LogP contribution in [0, 0.1) is 0 Å². The number of benzene rings is 1. The quantitative estimate of drug-likeness (QED) is 0.559. The van der Waals surface area contributed by atoms with Crippen molar-refractivity contribution in [3.63, 3.8) is 0 Å². The lowest BCUT2D eigenvalue weighted by Gasteiger charge is -2.31. The van der Waals surface area contributed by atoms with E-state index in [9.17, 15) is 4.79 Å². The Morgan fingerprint density at radius 3 is 2.67 bits per heavy atom. The summed E-state index contributed by atoms with van der Waals surface area (Å²) in [6, 6.07) is 15.5. The number of rotatable bonds is 4. The lowest BCUT2D eigenvalue weighted by Crippen LogP contribution is -2.42. The smallest absolute Gasteiger partial charge is 0.254 e. The van der Waals surface area contributed by atoms with Crippen molar-refractivity contribution in [2.75, 3.05) is 13.1 Å². The normalized spacial score (nSPS) is 13.7. The maximum absolute atomic E-state index is 13.0. The molecular formula is C21H18N4O2. The molecule has 6 nitrogen and oxygen atoms in total. The Bertz CT molecular complexity index is 1100. The molecule has 0 spiro atoms. The molecule has 4 aromatic rings. The van der Waals surface area contributed by atoms with Crippen LogP contribution in [0.25, 0.3) is 22.3 Å². The lowest BCUT2D eigenvalue weighted by atomic mass is 10.0. The van der Waals surface area contributed by atoms with E-state index >= 15 is 0 Å². The molecule has 0 saturated carbocycles. The first-order chi connectivity index (χ1) is 13.3. The molecule has 27 heavy (non-hydrogen) atoms. The van der Waals surface area contributed by atoms with Crippen molar-refractivity contribution < 1.29 is 9.21 Å². The number of aromatic nitrogens is 3. The zero-order valence-electron chi connectivity index (χ0n) is 14.7. The van der Waals surface area contributed by atoms with E-state index in [4.69, 9.17) is 9.40 Å². The van der Waals surface area contributed by atoms with Crippen molar-refractivity contribution in [3.05, 3.63) is 72.3 Å². The van der Waals surface area contributed by atoms with E-state index in [-0.39, 0.29) is 5.91 Å². The van der Waals surface area contributed by atoms with Gasteiger partial charge in [0.25, 0.3) is 5.91 Å². The summed E-state index contributed by atoms with van der Waals surface area (Å²) in [5.74, 6) is 0.839. The first-order valence-electron chi connectivity index (χ1n) is 9.03. The minimum absolute atomic E-state index is 0.0448. The topological polar surface area (TPSA) is 64.2 Å². The molecule has 1 aliphatic rings. The minimum Gasteiger partial charge on any atom is -0.467 e. The van der Waals surface area contributed by atoms with E-state index in [0.29, 0.717) is 17.8 Å². The number of carbonyl (C=O) groups excluding carboxylic acids is 1. The van der Waals surface area contributed by atoms with Gasteiger partial charge in [-0.3, -0.25) is 4.79 Å². The van der Waals surface area contributed by atoms with Gasteiger partial charge in [-0.05, 0) is 24.6 Å². The van der Waals surface area contributed by atoms with Crippen LogP contribution in [0.5, 0.6) is 0 Å². The van der Waals surface area contributed by atoms with Crippen LogP contribution < -0.4 is 0 Å². The zero-order chi connectivity index (χ0) is 18.2. The summed E-state index contributed by atoms with van der Waals surface area (Å²) in [6.45, 7) is 2.09. The molecule has 5 rings (SSSR count). The van der Waals surface area contributed by atoms with E-state index in [1.165, 1.54) is 0 Å². The third-order valence-corrected chi connectivity index (χ3v) is 4.94. The van der Waals surface area contributed by atoms with Gasteiger partial charge in [0.1, 0.15) is 12.3 Å².